The fourth-order valence-corrected chi connectivity index (χ4v) is 4.37. The number of aliphatic hydroxyl groups is 1. The number of aldehydes is 1. The van der Waals surface area contributed by atoms with Crippen LogP contribution in [0.25, 0.3) is 0 Å². The number of aliphatic hydroxyl groups excluding tert-OH is 1. The second kappa shape index (κ2) is 11.6. The lowest BCUT2D eigenvalue weighted by molar-refractivity contribution is -0.149. The van der Waals surface area contributed by atoms with Crippen molar-refractivity contribution in [2.24, 2.45) is 5.73 Å². The number of likely N-dealkylation sites (tertiary alicyclic amines) is 1. The molecule has 1 aromatic rings. The molecule has 0 spiro atoms. The lowest BCUT2D eigenvalue weighted by Crippen LogP contribution is -2.63. The maximum absolute atomic E-state index is 12.8. The second-order valence-electron chi connectivity index (χ2n) is 7.35. The van der Waals surface area contributed by atoms with Gasteiger partial charge in [-0.1, -0.05) is 24.8 Å². The summed E-state index contributed by atoms with van der Waals surface area (Å²) in [5.74, 6) is -0.922. The molecule has 0 aromatic heterocycles. The number of carbonyl (C=O) groups excluding carboxylic acids is 3. The van der Waals surface area contributed by atoms with Gasteiger partial charge in [-0.15, -0.1) is 0 Å². The highest BCUT2D eigenvalue weighted by Crippen LogP contribution is 2.20. The van der Waals surface area contributed by atoms with Crippen molar-refractivity contribution in [3.05, 3.63) is 42.7 Å². The molecule has 0 saturated carbocycles. The Morgan fingerprint density at radius 3 is 2.53 bits per heavy atom. The quantitative estimate of drug-likeness (QED) is 0.171. The molecule has 3 atom stereocenters. The van der Waals surface area contributed by atoms with Crippen molar-refractivity contribution in [1.82, 2.24) is 20.3 Å². The summed E-state index contributed by atoms with van der Waals surface area (Å²) < 4.78 is 27.1. The van der Waals surface area contributed by atoms with E-state index >= 15 is 0 Å². The largest absolute Gasteiger partial charge is 0.394 e. The second-order valence-corrected chi connectivity index (χ2v) is 9.06. The Kier molecular flexibility index (Phi) is 9.17. The maximum Gasteiger partial charge on any atom is 0.243 e. The zero-order valence-corrected chi connectivity index (χ0v) is 18.4. The van der Waals surface area contributed by atoms with Crippen LogP contribution in [0.5, 0.6) is 0 Å². The van der Waals surface area contributed by atoms with Gasteiger partial charge in [0.15, 0.2) is 0 Å². The van der Waals surface area contributed by atoms with Crippen molar-refractivity contribution in [2.45, 2.75) is 42.3 Å². The summed E-state index contributed by atoms with van der Waals surface area (Å²) >= 11 is 0. The summed E-state index contributed by atoms with van der Waals surface area (Å²) in [5, 5.41) is 15.0. The van der Waals surface area contributed by atoms with Crippen LogP contribution in [0.4, 0.5) is 0 Å². The molecular formula is C20H29N5O6S. The first-order valence-electron chi connectivity index (χ1n) is 10.1. The van der Waals surface area contributed by atoms with Gasteiger partial charge in [-0.3, -0.25) is 9.59 Å². The van der Waals surface area contributed by atoms with Crippen LogP contribution < -0.4 is 21.1 Å². The Balaban J connectivity index is 1.94. The topological polar surface area (TPSA) is 171 Å². The number of nitrogens with zero attached hydrogens (tertiary/aromatic N) is 1. The maximum atomic E-state index is 12.8. The highest BCUT2D eigenvalue weighted by atomic mass is 32.2. The smallest absolute Gasteiger partial charge is 0.243 e. The molecule has 32 heavy (non-hydrogen) atoms. The molecule has 11 nitrogen and oxygen atoms in total. The Bertz CT molecular complexity index is 924. The van der Waals surface area contributed by atoms with Gasteiger partial charge in [0.1, 0.15) is 18.4 Å². The number of hydrogen-bond donors (Lipinski definition) is 5. The third-order valence-electron chi connectivity index (χ3n) is 4.97. The van der Waals surface area contributed by atoms with Gasteiger partial charge in [-0.05, 0) is 31.4 Å². The standard InChI is InChI=1S/C20H29N5O6S/c1-14(21)22-10-5-6-15(12-26)23-19(28)18-9-11-25(18)20(29)17(13-27)24-32(30,31)16-7-3-2-4-8-16/h2-4,7-8,12,15,17-18,22,24,27H,1,5-6,9-11,13,21H2,(H,23,28)/t15-,17+,18-/m0/s1. The van der Waals surface area contributed by atoms with Gasteiger partial charge in [-0.25, -0.2) is 8.42 Å². The zero-order chi connectivity index (χ0) is 23.7. The Labute approximate surface area is 187 Å². The average Bonchev–Trinajstić information content (AvgIpc) is 2.73. The highest BCUT2D eigenvalue weighted by Gasteiger charge is 2.41. The van der Waals surface area contributed by atoms with Gasteiger partial charge in [0.2, 0.25) is 21.8 Å². The summed E-state index contributed by atoms with van der Waals surface area (Å²) in [5.41, 5.74) is 5.40. The van der Waals surface area contributed by atoms with E-state index in [0.29, 0.717) is 37.9 Å². The minimum absolute atomic E-state index is 0.0503. The number of amides is 2. The number of sulfonamides is 1. The fraction of sp³-hybridized carbons (Fsp3) is 0.450. The molecule has 1 fully saturated rings. The lowest BCUT2D eigenvalue weighted by Gasteiger charge is -2.41. The van der Waals surface area contributed by atoms with E-state index in [1.165, 1.54) is 29.2 Å². The van der Waals surface area contributed by atoms with Crippen molar-refractivity contribution in [1.29, 1.82) is 0 Å². The molecule has 0 aliphatic carbocycles. The molecule has 1 aliphatic rings. The minimum atomic E-state index is -4.04. The molecule has 0 unspecified atom stereocenters. The molecule has 1 aromatic carbocycles. The molecule has 12 heteroatoms. The van der Waals surface area contributed by atoms with Crippen LogP contribution in [-0.2, 0) is 24.4 Å². The first kappa shape index (κ1) is 25.3. The van der Waals surface area contributed by atoms with Gasteiger partial charge < -0.3 is 31.2 Å². The summed E-state index contributed by atoms with van der Waals surface area (Å²) in [6, 6.07) is 4.42. The molecule has 0 radical (unpaired) electrons. The van der Waals surface area contributed by atoms with Gasteiger partial charge in [0, 0.05) is 13.1 Å². The van der Waals surface area contributed by atoms with Crippen LogP contribution in [-0.4, -0.2) is 74.3 Å². The number of nitrogens with two attached hydrogens (primary N) is 1. The number of carbonyl (C=O) groups is 3. The molecule has 6 N–H and O–H groups in total. The predicted octanol–water partition coefficient (Wildman–Crippen LogP) is -1.59. The van der Waals surface area contributed by atoms with E-state index in [1.54, 1.807) is 6.07 Å². The van der Waals surface area contributed by atoms with Crippen molar-refractivity contribution >= 4 is 28.1 Å². The number of benzene rings is 1. The third-order valence-corrected chi connectivity index (χ3v) is 6.46. The molecule has 2 rings (SSSR count). The number of nitrogens with one attached hydrogen (secondary N) is 3. The fourth-order valence-electron chi connectivity index (χ4n) is 3.17. The van der Waals surface area contributed by atoms with Crippen LogP contribution in [0.15, 0.2) is 47.6 Å². The molecule has 0 bridgehead atoms. The molecular weight excluding hydrogens is 438 g/mol. The van der Waals surface area contributed by atoms with Gasteiger partial charge >= 0.3 is 0 Å². The van der Waals surface area contributed by atoms with Crippen molar-refractivity contribution in [3.8, 4) is 0 Å². The van der Waals surface area contributed by atoms with Gasteiger partial charge in [-0.2, -0.15) is 4.72 Å². The van der Waals surface area contributed by atoms with E-state index in [1.807, 2.05) is 0 Å². The normalized spacial score (nSPS) is 17.5. The van der Waals surface area contributed by atoms with Gasteiger partial charge in [0.25, 0.3) is 0 Å². The molecule has 1 saturated heterocycles. The van der Waals surface area contributed by atoms with Crippen LogP contribution in [0.1, 0.15) is 19.3 Å². The lowest BCUT2D eigenvalue weighted by atomic mass is 10.00. The first-order valence-corrected chi connectivity index (χ1v) is 11.6. The minimum Gasteiger partial charge on any atom is -0.394 e. The van der Waals surface area contributed by atoms with Gasteiger partial charge in [0.05, 0.1) is 23.4 Å². The van der Waals surface area contributed by atoms with Crippen molar-refractivity contribution < 1.29 is 27.9 Å². The molecule has 176 valence electrons. The third kappa shape index (κ3) is 6.77. The monoisotopic (exact) mass is 467 g/mol. The van der Waals surface area contributed by atoms with E-state index in [4.69, 9.17) is 5.73 Å². The SMILES string of the molecule is C=C(N)NCCC[C@@H](C=O)NC(=O)[C@@H]1CCN1C(=O)[C@@H](CO)NS(=O)(=O)c1ccccc1. The summed E-state index contributed by atoms with van der Waals surface area (Å²) in [4.78, 5) is 37.8. The predicted molar refractivity (Wildman–Crippen MR) is 116 cm³/mol. The molecule has 1 heterocycles. The van der Waals surface area contributed by atoms with E-state index in [9.17, 15) is 27.9 Å². The first-order chi connectivity index (χ1) is 15.2. The van der Waals surface area contributed by atoms with E-state index < -0.39 is 46.6 Å². The van der Waals surface area contributed by atoms with Crippen LogP contribution in [0, 0.1) is 0 Å². The summed E-state index contributed by atoms with van der Waals surface area (Å²) in [6.45, 7) is 3.45. The van der Waals surface area contributed by atoms with E-state index in [0.717, 1.165) is 0 Å². The van der Waals surface area contributed by atoms with Crippen LogP contribution in [0.3, 0.4) is 0 Å². The Morgan fingerprint density at radius 2 is 2.00 bits per heavy atom. The van der Waals surface area contributed by atoms with E-state index in [2.05, 4.69) is 21.9 Å². The van der Waals surface area contributed by atoms with Crippen molar-refractivity contribution in [2.75, 3.05) is 19.7 Å². The van der Waals surface area contributed by atoms with Crippen molar-refractivity contribution in [3.63, 3.8) is 0 Å². The molecule has 1 aliphatic heterocycles. The zero-order valence-electron chi connectivity index (χ0n) is 17.6. The molecule has 2 amide bonds. The van der Waals surface area contributed by atoms with E-state index in [-0.39, 0.29) is 11.4 Å². The summed E-state index contributed by atoms with van der Waals surface area (Å²) in [7, 11) is -4.04. The van der Waals surface area contributed by atoms with Crippen LogP contribution >= 0.6 is 0 Å². The highest BCUT2D eigenvalue weighted by molar-refractivity contribution is 7.89. The summed E-state index contributed by atoms with van der Waals surface area (Å²) in [6.07, 6.45) is 1.90. The number of hydrogen-bond acceptors (Lipinski definition) is 8. The Hall–Kier alpha value is -2.96. The average molecular weight is 468 g/mol. The Morgan fingerprint density at radius 1 is 1.31 bits per heavy atom. The van der Waals surface area contributed by atoms with Crippen LogP contribution in [0.2, 0.25) is 0 Å². The number of rotatable bonds is 13.